The maximum absolute atomic E-state index is 4.42. The number of nitrogens with one attached hydrogen (secondary N) is 1. The molecule has 0 aliphatic carbocycles. The zero-order chi connectivity index (χ0) is 12.3. The van der Waals surface area contributed by atoms with Gasteiger partial charge in [0.05, 0.1) is 18.1 Å². The molecule has 2 aromatic heterocycles. The SMILES string of the molecule is CC(C)NCc1cn(C(C)c2ccsc2)cn1. The average molecular weight is 249 g/mol. The van der Waals surface area contributed by atoms with E-state index in [1.54, 1.807) is 11.3 Å². The van der Waals surface area contributed by atoms with Crippen molar-refractivity contribution in [3.63, 3.8) is 0 Å². The highest BCUT2D eigenvalue weighted by atomic mass is 32.1. The monoisotopic (exact) mass is 249 g/mol. The van der Waals surface area contributed by atoms with Crippen LogP contribution in [0.5, 0.6) is 0 Å². The molecule has 1 unspecified atom stereocenters. The predicted octanol–water partition coefficient (Wildman–Crippen LogP) is 3.05. The fraction of sp³-hybridized carbons (Fsp3) is 0.462. The fourth-order valence-electron chi connectivity index (χ4n) is 1.68. The smallest absolute Gasteiger partial charge is 0.0955 e. The molecule has 17 heavy (non-hydrogen) atoms. The number of hydrogen-bond acceptors (Lipinski definition) is 3. The predicted molar refractivity (Wildman–Crippen MR) is 72.3 cm³/mol. The molecule has 4 heteroatoms. The average Bonchev–Trinajstić information content (AvgIpc) is 2.97. The van der Waals surface area contributed by atoms with Crippen molar-refractivity contribution in [2.75, 3.05) is 0 Å². The maximum Gasteiger partial charge on any atom is 0.0955 e. The first-order chi connectivity index (χ1) is 8.16. The van der Waals surface area contributed by atoms with Crippen LogP contribution in [0.25, 0.3) is 0 Å². The van der Waals surface area contributed by atoms with E-state index in [-0.39, 0.29) is 0 Å². The molecule has 3 nitrogen and oxygen atoms in total. The summed E-state index contributed by atoms with van der Waals surface area (Å²) in [5.41, 5.74) is 2.44. The van der Waals surface area contributed by atoms with Gasteiger partial charge >= 0.3 is 0 Å². The molecule has 0 spiro atoms. The van der Waals surface area contributed by atoms with Crippen LogP contribution in [-0.4, -0.2) is 15.6 Å². The highest BCUT2D eigenvalue weighted by molar-refractivity contribution is 7.07. The summed E-state index contributed by atoms with van der Waals surface area (Å²) in [5.74, 6) is 0. The lowest BCUT2D eigenvalue weighted by molar-refractivity contribution is 0.581. The van der Waals surface area contributed by atoms with E-state index in [0.29, 0.717) is 12.1 Å². The van der Waals surface area contributed by atoms with E-state index >= 15 is 0 Å². The van der Waals surface area contributed by atoms with Gasteiger partial charge in [0.15, 0.2) is 0 Å². The molecule has 0 saturated heterocycles. The largest absolute Gasteiger partial charge is 0.330 e. The molecule has 0 aliphatic heterocycles. The third-order valence-electron chi connectivity index (χ3n) is 2.82. The Morgan fingerprint density at radius 3 is 2.88 bits per heavy atom. The van der Waals surface area contributed by atoms with Crippen molar-refractivity contribution in [2.24, 2.45) is 0 Å². The first-order valence-electron chi connectivity index (χ1n) is 5.94. The van der Waals surface area contributed by atoms with Crippen molar-refractivity contribution < 1.29 is 0 Å². The summed E-state index contributed by atoms with van der Waals surface area (Å²) in [4.78, 5) is 4.42. The summed E-state index contributed by atoms with van der Waals surface area (Å²) in [5, 5.41) is 7.68. The second-order valence-corrected chi connectivity index (χ2v) is 5.36. The van der Waals surface area contributed by atoms with E-state index in [1.807, 2.05) is 6.33 Å². The van der Waals surface area contributed by atoms with Crippen molar-refractivity contribution in [2.45, 2.75) is 39.4 Å². The molecule has 0 radical (unpaired) electrons. The van der Waals surface area contributed by atoms with Gasteiger partial charge in [-0.3, -0.25) is 0 Å². The zero-order valence-electron chi connectivity index (χ0n) is 10.6. The Bertz CT molecular complexity index is 445. The minimum atomic E-state index is 0.363. The molecule has 2 heterocycles. The second-order valence-electron chi connectivity index (χ2n) is 4.58. The van der Waals surface area contributed by atoms with Crippen LogP contribution < -0.4 is 5.32 Å². The molecule has 92 valence electrons. The van der Waals surface area contributed by atoms with Gasteiger partial charge in [0.25, 0.3) is 0 Å². The number of hydrogen-bond donors (Lipinski definition) is 1. The van der Waals surface area contributed by atoms with Gasteiger partial charge in [-0.2, -0.15) is 11.3 Å². The number of aromatic nitrogens is 2. The molecule has 0 fully saturated rings. The quantitative estimate of drug-likeness (QED) is 0.882. The number of rotatable bonds is 5. The number of nitrogens with zero attached hydrogens (tertiary/aromatic N) is 2. The summed E-state index contributed by atoms with van der Waals surface area (Å²) in [6.07, 6.45) is 4.04. The Hall–Kier alpha value is -1.13. The lowest BCUT2D eigenvalue weighted by Gasteiger charge is -2.10. The Morgan fingerprint density at radius 2 is 2.24 bits per heavy atom. The van der Waals surface area contributed by atoms with Crippen LogP contribution in [0.15, 0.2) is 29.4 Å². The van der Waals surface area contributed by atoms with Crippen molar-refractivity contribution in [3.05, 3.63) is 40.6 Å². The van der Waals surface area contributed by atoms with E-state index in [2.05, 4.69) is 58.7 Å². The molecule has 1 atom stereocenters. The first-order valence-corrected chi connectivity index (χ1v) is 6.89. The molecule has 0 amide bonds. The van der Waals surface area contributed by atoms with E-state index in [9.17, 15) is 0 Å². The van der Waals surface area contributed by atoms with Gasteiger partial charge < -0.3 is 9.88 Å². The minimum Gasteiger partial charge on any atom is -0.330 e. The minimum absolute atomic E-state index is 0.363. The number of thiophene rings is 1. The third kappa shape index (κ3) is 3.17. The van der Waals surface area contributed by atoms with Crippen LogP contribution in [0, 0.1) is 0 Å². The second kappa shape index (κ2) is 5.47. The van der Waals surface area contributed by atoms with Crippen LogP contribution in [0.3, 0.4) is 0 Å². The third-order valence-corrected chi connectivity index (χ3v) is 3.52. The van der Waals surface area contributed by atoms with Crippen LogP contribution in [0.1, 0.15) is 38.1 Å². The van der Waals surface area contributed by atoms with Gasteiger partial charge in [0.2, 0.25) is 0 Å². The normalized spacial score (nSPS) is 13.2. The van der Waals surface area contributed by atoms with Crippen molar-refractivity contribution >= 4 is 11.3 Å². The molecule has 0 aliphatic rings. The van der Waals surface area contributed by atoms with Crippen molar-refractivity contribution in [1.29, 1.82) is 0 Å². The molecule has 2 aromatic rings. The Morgan fingerprint density at radius 1 is 1.41 bits per heavy atom. The Balaban J connectivity index is 2.03. The van der Waals surface area contributed by atoms with Gasteiger partial charge in [-0.05, 0) is 29.3 Å². The van der Waals surface area contributed by atoms with Gasteiger partial charge in [0.1, 0.15) is 0 Å². The summed E-state index contributed by atoms with van der Waals surface area (Å²) in [7, 11) is 0. The maximum atomic E-state index is 4.42. The van der Waals surface area contributed by atoms with Gasteiger partial charge in [-0.1, -0.05) is 13.8 Å². The van der Waals surface area contributed by atoms with Crippen molar-refractivity contribution in [1.82, 2.24) is 14.9 Å². The van der Waals surface area contributed by atoms with Crippen LogP contribution in [-0.2, 0) is 6.54 Å². The first kappa shape index (κ1) is 12.3. The van der Waals surface area contributed by atoms with Crippen LogP contribution >= 0.6 is 11.3 Å². The molecule has 0 bridgehead atoms. The summed E-state index contributed by atoms with van der Waals surface area (Å²) in [6, 6.07) is 3.03. The number of imidazole rings is 1. The topological polar surface area (TPSA) is 29.9 Å². The van der Waals surface area contributed by atoms with E-state index in [0.717, 1.165) is 12.2 Å². The summed E-state index contributed by atoms with van der Waals surface area (Å²) < 4.78 is 2.17. The van der Waals surface area contributed by atoms with E-state index in [4.69, 9.17) is 0 Å². The lowest BCUT2D eigenvalue weighted by atomic mass is 10.2. The fourth-order valence-corrected chi connectivity index (χ4v) is 2.42. The molecular weight excluding hydrogens is 230 g/mol. The molecule has 0 saturated carbocycles. The zero-order valence-corrected chi connectivity index (χ0v) is 11.4. The van der Waals surface area contributed by atoms with E-state index in [1.165, 1.54) is 5.56 Å². The van der Waals surface area contributed by atoms with Crippen LogP contribution in [0.4, 0.5) is 0 Å². The molecule has 0 aromatic carbocycles. The Labute approximate surface area is 107 Å². The Kier molecular flexibility index (Phi) is 3.97. The van der Waals surface area contributed by atoms with Gasteiger partial charge in [-0.15, -0.1) is 0 Å². The molecular formula is C13H19N3S. The highest BCUT2D eigenvalue weighted by Gasteiger charge is 2.09. The van der Waals surface area contributed by atoms with Crippen LogP contribution in [0.2, 0.25) is 0 Å². The van der Waals surface area contributed by atoms with Gasteiger partial charge in [-0.25, -0.2) is 4.98 Å². The van der Waals surface area contributed by atoms with Crippen molar-refractivity contribution in [3.8, 4) is 0 Å². The standard InChI is InChI=1S/C13H19N3S/c1-10(2)14-6-13-7-16(9-15-13)11(3)12-4-5-17-8-12/h4-5,7-11,14H,6H2,1-3H3. The molecule has 1 N–H and O–H groups in total. The molecule has 2 rings (SSSR count). The highest BCUT2D eigenvalue weighted by Crippen LogP contribution is 2.20. The summed E-state index contributed by atoms with van der Waals surface area (Å²) in [6.45, 7) is 7.32. The van der Waals surface area contributed by atoms with Gasteiger partial charge in [0, 0.05) is 18.8 Å². The lowest BCUT2D eigenvalue weighted by Crippen LogP contribution is -2.21. The van der Waals surface area contributed by atoms with E-state index < -0.39 is 0 Å². The summed E-state index contributed by atoms with van der Waals surface area (Å²) >= 11 is 1.74.